The monoisotopic (exact) mass is 518 g/mol. The number of nitrogens with zero attached hydrogens (tertiary/aromatic N) is 4. The molecule has 200 valence electrons. The second-order valence-corrected chi connectivity index (χ2v) is 10.2. The van der Waals surface area contributed by atoms with Gasteiger partial charge in [-0.05, 0) is 31.2 Å². The van der Waals surface area contributed by atoms with Crippen molar-refractivity contribution in [2.75, 3.05) is 58.1 Å². The average Bonchev–Trinajstić information content (AvgIpc) is 3.50. The highest BCUT2D eigenvalue weighted by Gasteiger charge is 2.52. The molecular formula is C28H34N6O4. The van der Waals surface area contributed by atoms with Crippen LogP contribution in [0.25, 0.3) is 10.9 Å². The van der Waals surface area contributed by atoms with Gasteiger partial charge in [-0.1, -0.05) is 30.3 Å². The number of benzene rings is 2. The molecule has 3 fully saturated rings. The quantitative estimate of drug-likeness (QED) is 0.456. The molecule has 0 aliphatic carbocycles. The molecule has 2 aromatic carbocycles. The molecule has 10 heteroatoms. The van der Waals surface area contributed by atoms with Crippen molar-refractivity contribution in [2.24, 2.45) is 0 Å². The smallest absolute Gasteiger partial charge is 0.247 e. The van der Waals surface area contributed by atoms with Gasteiger partial charge >= 0.3 is 0 Å². The number of ketones is 1. The summed E-state index contributed by atoms with van der Waals surface area (Å²) in [6.45, 7) is 5.67. The van der Waals surface area contributed by atoms with E-state index in [1.165, 1.54) is 0 Å². The molecule has 38 heavy (non-hydrogen) atoms. The Balaban J connectivity index is 1.31. The Kier molecular flexibility index (Phi) is 6.77. The largest absolute Gasteiger partial charge is 0.494 e. The Bertz CT molecular complexity index is 1320. The number of carbonyl (C=O) groups is 2. The van der Waals surface area contributed by atoms with Gasteiger partial charge in [0.1, 0.15) is 22.5 Å². The number of methoxy groups -OCH3 is 1. The lowest BCUT2D eigenvalue weighted by Gasteiger charge is -2.42. The molecule has 2 unspecified atom stereocenters. The van der Waals surface area contributed by atoms with Crippen LogP contribution in [0.2, 0.25) is 0 Å². The van der Waals surface area contributed by atoms with Crippen LogP contribution < -0.4 is 20.3 Å². The van der Waals surface area contributed by atoms with Gasteiger partial charge in [-0.15, -0.1) is 0 Å². The van der Waals surface area contributed by atoms with Crippen LogP contribution in [0, 0.1) is 0 Å². The van der Waals surface area contributed by atoms with Gasteiger partial charge < -0.3 is 25.0 Å². The third-order valence-corrected chi connectivity index (χ3v) is 8.11. The first-order valence-corrected chi connectivity index (χ1v) is 13.3. The maximum Gasteiger partial charge on any atom is 0.247 e. The fourth-order valence-corrected chi connectivity index (χ4v) is 6.08. The lowest BCUT2D eigenvalue weighted by atomic mass is 9.80. The summed E-state index contributed by atoms with van der Waals surface area (Å²) in [7, 11) is 1.64. The number of fused-ring (bicyclic) bond motifs is 1. The number of ether oxygens (including phenoxy) is 2. The first-order chi connectivity index (χ1) is 18.6. The SMILES string of the molecule is COc1cccc2c(C(=O)C3CC4(CCN3)C(=O)NCN4c3ccccc3)nn(CCN3CCOCC3)c12. The molecule has 10 nitrogen and oxygen atoms in total. The van der Waals surface area contributed by atoms with Crippen molar-refractivity contribution >= 4 is 28.3 Å². The lowest BCUT2D eigenvalue weighted by molar-refractivity contribution is -0.124. The number of Topliss-reactive ketones (excluding diaryl/α,β-unsaturated/α-hetero) is 1. The second kappa shape index (κ2) is 10.4. The van der Waals surface area contributed by atoms with Crippen LogP contribution in [0.3, 0.4) is 0 Å². The standard InChI is InChI=1S/C28H34N6O4/c1-37-23-9-5-8-21-24(31-34(25(21)23)13-12-32-14-16-38-17-15-32)26(35)22-18-28(10-11-29-22)27(36)30-19-33(28)20-6-3-2-4-7-20/h2-9,22,29H,10-19H2,1H3,(H,30,36). The zero-order valence-electron chi connectivity index (χ0n) is 21.7. The van der Waals surface area contributed by atoms with E-state index in [2.05, 4.69) is 20.4 Å². The summed E-state index contributed by atoms with van der Waals surface area (Å²) in [6.07, 6.45) is 0.999. The molecule has 1 aromatic heterocycles. The van der Waals surface area contributed by atoms with Crippen molar-refractivity contribution < 1.29 is 19.1 Å². The number of carbonyl (C=O) groups excluding carboxylic acids is 2. The number of anilines is 1. The van der Waals surface area contributed by atoms with Gasteiger partial charge in [0.2, 0.25) is 11.7 Å². The number of morpholine rings is 1. The summed E-state index contributed by atoms with van der Waals surface area (Å²) >= 11 is 0. The van der Waals surface area contributed by atoms with E-state index in [1.807, 2.05) is 53.2 Å². The van der Waals surface area contributed by atoms with E-state index in [0.29, 0.717) is 44.0 Å². The molecule has 1 spiro atoms. The number of hydrogen-bond donors (Lipinski definition) is 2. The molecule has 0 saturated carbocycles. The van der Waals surface area contributed by atoms with Crippen LogP contribution in [-0.4, -0.2) is 91.1 Å². The Morgan fingerprint density at radius 3 is 2.74 bits per heavy atom. The Morgan fingerprint density at radius 1 is 1.13 bits per heavy atom. The molecule has 4 heterocycles. The van der Waals surface area contributed by atoms with Gasteiger partial charge in [0.25, 0.3) is 0 Å². The van der Waals surface area contributed by atoms with Crippen molar-refractivity contribution in [3.63, 3.8) is 0 Å². The van der Waals surface area contributed by atoms with Crippen molar-refractivity contribution in [3.8, 4) is 5.75 Å². The fraction of sp³-hybridized carbons (Fsp3) is 0.464. The molecule has 3 aliphatic heterocycles. The van der Waals surface area contributed by atoms with Crippen LogP contribution in [0.1, 0.15) is 23.3 Å². The molecule has 0 bridgehead atoms. The molecule has 2 atom stereocenters. The van der Waals surface area contributed by atoms with Gasteiger partial charge in [-0.25, -0.2) is 0 Å². The van der Waals surface area contributed by atoms with Gasteiger partial charge in [0.05, 0.1) is 39.6 Å². The minimum Gasteiger partial charge on any atom is -0.494 e. The molecule has 1 amide bonds. The number of rotatable bonds is 7. The average molecular weight is 519 g/mol. The van der Waals surface area contributed by atoms with Crippen molar-refractivity contribution in [1.29, 1.82) is 0 Å². The zero-order chi connectivity index (χ0) is 26.1. The minimum atomic E-state index is -0.778. The third-order valence-electron chi connectivity index (χ3n) is 8.11. The maximum absolute atomic E-state index is 14.1. The Hall–Kier alpha value is -3.47. The van der Waals surface area contributed by atoms with Crippen molar-refractivity contribution in [2.45, 2.75) is 31.0 Å². The highest BCUT2D eigenvalue weighted by atomic mass is 16.5. The molecule has 2 N–H and O–H groups in total. The Morgan fingerprint density at radius 2 is 1.95 bits per heavy atom. The van der Waals surface area contributed by atoms with Gasteiger partial charge in [0, 0.05) is 37.1 Å². The maximum atomic E-state index is 14.1. The van der Waals surface area contributed by atoms with E-state index >= 15 is 0 Å². The highest BCUT2D eigenvalue weighted by Crippen LogP contribution is 2.37. The normalized spacial score (nSPS) is 24.2. The predicted octanol–water partition coefficient (Wildman–Crippen LogP) is 1.64. The number of aromatic nitrogens is 2. The van der Waals surface area contributed by atoms with E-state index in [1.54, 1.807) is 7.11 Å². The van der Waals surface area contributed by atoms with Crippen molar-refractivity contribution in [3.05, 3.63) is 54.2 Å². The highest BCUT2D eigenvalue weighted by molar-refractivity contribution is 6.10. The van der Waals surface area contributed by atoms with E-state index < -0.39 is 11.6 Å². The number of para-hydroxylation sites is 2. The summed E-state index contributed by atoms with van der Waals surface area (Å²) in [5.74, 6) is 0.568. The number of nitrogens with one attached hydrogen (secondary N) is 2. The van der Waals surface area contributed by atoms with Gasteiger partial charge in [-0.3, -0.25) is 19.2 Å². The van der Waals surface area contributed by atoms with Gasteiger partial charge in [0.15, 0.2) is 0 Å². The molecule has 0 radical (unpaired) electrons. The van der Waals surface area contributed by atoms with Crippen LogP contribution in [0.4, 0.5) is 5.69 Å². The molecule has 3 aliphatic rings. The molecule has 3 aromatic rings. The Labute approximate surface area is 221 Å². The number of piperidine rings is 1. The topological polar surface area (TPSA) is 101 Å². The number of amides is 1. The minimum absolute atomic E-state index is 0.0248. The fourth-order valence-electron chi connectivity index (χ4n) is 6.08. The summed E-state index contributed by atoms with van der Waals surface area (Å²) in [6, 6.07) is 15.1. The van der Waals surface area contributed by atoms with E-state index in [0.717, 1.165) is 49.4 Å². The van der Waals surface area contributed by atoms with Crippen LogP contribution in [0.15, 0.2) is 48.5 Å². The molecular weight excluding hydrogens is 484 g/mol. The summed E-state index contributed by atoms with van der Waals surface area (Å²) in [4.78, 5) is 31.8. The molecule has 3 saturated heterocycles. The summed E-state index contributed by atoms with van der Waals surface area (Å²) in [5.41, 5.74) is 1.43. The second-order valence-electron chi connectivity index (χ2n) is 10.2. The summed E-state index contributed by atoms with van der Waals surface area (Å²) < 4.78 is 13.0. The van der Waals surface area contributed by atoms with Crippen molar-refractivity contribution in [1.82, 2.24) is 25.3 Å². The third kappa shape index (κ3) is 4.32. The molecule has 6 rings (SSSR count). The van der Waals surface area contributed by atoms with Gasteiger partial charge in [-0.2, -0.15) is 5.10 Å². The number of hydrogen-bond acceptors (Lipinski definition) is 8. The van der Waals surface area contributed by atoms with Crippen LogP contribution >= 0.6 is 0 Å². The first-order valence-electron chi connectivity index (χ1n) is 13.3. The zero-order valence-corrected chi connectivity index (χ0v) is 21.7. The van der Waals surface area contributed by atoms with E-state index in [4.69, 9.17) is 14.6 Å². The lowest BCUT2D eigenvalue weighted by Crippen LogP contribution is -2.60. The van der Waals surface area contributed by atoms with Crippen LogP contribution in [0.5, 0.6) is 5.75 Å². The summed E-state index contributed by atoms with van der Waals surface area (Å²) in [5, 5.41) is 12.0. The predicted molar refractivity (Wildman–Crippen MR) is 144 cm³/mol. The van der Waals surface area contributed by atoms with E-state index in [-0.39, 0.29) is 11.7 Å². The first kappa shape index (κ1) is 24.8. The van der Waals surface area contributed by atoms with E-state index in [9.17, 15) is 9.59 Å². The van der Waals surface area contributed by atoms with Crippen LogP contribution in [-0.2, 0) is 16.1 Å².